The number of nitrogens with two attached hydrogens (primary N) is 1. The van der Waals surface area contributed by atoms with Crippen LogP contribution >= 0.6 is 31.9 Å². The second-order valence-electron chi connectivity index (χ2n) is 4.98. The van der Waals surface area contributed by atoms with Crippen LogP contribution in [0.2, 0.25) is 0 Å². The van der Waals surface area contributed by atoms with Crippen molar-refractivity contribution < 1.29 is 9.53 Å². The van der Waals surface area contributed by atoms with E-state index in [2.05, 4.69) is 37.2 Å². The van der Waals surface area contributed by atoms with E-state index in [1.165, 1.54) is 13.5 Å². The molecule has 0 amide bonds. The maximum atomic E-state index is 11.9. The van der Waals surface area contributed by atoms with E-state index in [-0.39, 0.29) is 5.97 Å². The van der Waals surface area contributed by atoms with Crippen LogP contribution < -0.4 is 11.1 Å². The van der Waals surface area contributed by atoms with Gasteiger partial charge < -0.3 is 15.8 Å². The SMILES string of the molecule is COC(=O)c1cc(Br)cc(Br)c1NC1CCCC1CN. The van der Waals surface area contributed by atoms with E-state index in [1.54, 1.807) is 6.07 Å². The molecule has 3 N–H and O–H groups in total. The molecule has 1 aromatic rings. The average Bonchev–Trinajstić information content (AvgIpc) is 2.87. The molecule has 0 radical (unpaired) electrons. The predicted molar refractivity (Wildman–Crippen MR) is 87.0 cm³/mol. The normalized spacial score (nSPS) is 21.8. The Morgan fingerprint density at radius 2 is 2.20 bits per heavy atom. The zero-order valence-corrected chi connectivity index (χ0v) is 14.5. The lowest BCUT2D eigenvalue weighted by Crippen LogP contribution is -2.30. The van der Waals surface area contributed by atoms with Crippen LogP contribution in [-0.4, -0.2) is 25.7 Å². The molecule has 1 fully saturated rings. The molecule has 1 saturated carbocycles. The molecule has 1 aliphatic rings. The largest absolute Gasteiger partial charge is 0.465 e. The van der Waals surface area contributed by atoms with Crippen LogP contribution in [0.5, 0.6) is 0 Å². The number of hydrogen-bond acceptors (Lipinski definition) is 4. The highest BCUT2D eigenvalue weighted by atomic mass is 79.9. The Balaban J connectivity index is 2.32. The second kappa shape index (κ2) is 6.91. The number of carbonyl (C=O) groups excluding carboxylic acids is 1. The third kappa shape index (κ3) is 3.35. The van der Waals surface area contributed by atoms with Gasteiger partial charge >= 0.3 is 5.97 Å². The molecule has 2 rings (SSSR count). The Hall–Kier alpha value is -0.590. The molecule has 6 heteroatoms. The zero-order valence-electron chi connectivity index (χ0n) is 11.3. The van der Waals surface area contributed by atoms with Gasteiger partial charge in [-0.25, -0.2) is 4.79 Å². The van der Waals surface area contributed by atoms with E-state index in [9.17, 15) is 4.79 Å². The molecular formula is C14H18Br2N2O2. The predicted octanol–water partition coefficient (Wildman–Crippen LogP) is 3.54. The molecule has 110 valence electrons. The first-order chi connectivity index (χ1) is 9.56. The zero-order chi connectivity index (χ0) is 14.7. The summed E-state index contributed by atoms with van der Waals surface area (Å²) in [7, 11) is 1.39. The molecule has 1 aromatic carbocycles. The van der Waals surface area contributed by atoms with Crippen molar-refractivity contribution in [1.29, 1.82) is 0 Å². The van der Waals surface area contributed by atoms with Crippen molar-refractivity contribution >= 4 is 43.5 Å². The molecule has 20 heavy (non-hydrogen) atoms. The Morgan fingerprint density at radius 3 is 2.85 bits per heavy atom. The van der Waals surface area contributed by atoms with Gasteiger partial charge in [-0.2, -0.15) is 0 Å². The molecule has 1 aliphatic carbocycles. The number of nitrogens with one attached hydrogen (secondary N) is 1. The molecular weight excluding hydrogens is 388 g/mol. The summed E-state index contributed by atoms with van der Waals surface area (Å²) >= 11 is 6.91. The number of methoxy groups -OCH3 is 1. The maximum absolute atomic E-state index is 11.9. The fraction of sp³-hybridized carbons (Fsp3) is 0.500. The summed E-state index contributed by atoms with van der Waals surface area (Å²) in [5, 5.41) is 3.47. The van der Waals surface area contributed by atoms with Gasteiger partial charge in [-0.1, -0.05) is 22.4 Å². The molecule has 0 saturated heterocycles. The number of hydrogen-bond donors (Lipinski definition) is 2. The Morgan fingerprint density at radius 1 is 1.45 bits per heavy atom. The standard InChI is InChI=1S/C14H18Br2N2O2/c1-20-14(19)10-5-9(15)6-11(16)13(10)18-12-4-2-3-8(12)7-17/h5-6,8,12,18H,2-4,7,17H2,1H3. The second-order valence-corrected chi connectivity index (χ2v) is 6.75. The summed E-state index contributed by atoms with van der Waals surface area (Å²) in [5.41, 5.74) is 7.12. The minimum atomic E-state index is -0.350. The number of carbonyl (C=O) groups is 1. The Kier molecular flexibility index (Phi) is 5.46. The van der Waals surface area contributed by atoms with Crippen molar-refractivity contribution in [2.45, 2.75) is 25.3 Å². The summed E-state index contributed by atoms with van der Waals surface area (Å²) in [5.74, 6) is 0.104. The van der Waals surface area contributed by atoms with Gasteiger partial charge in [-0.3, -0.25) is 0 Å². The average molecular weight is 406 g/mol. The van der Waals surface area contributed by atoms with Crippen LogP contribution in [0.4, 0.5) is 5.69 Å². The molecule has 0 bridgehead atoms. The van der Waals surface area contributed by atoms with E-state index in [1.807, 2.05) is 6.07 Å². The van der Waals surface area contributed by atoms with Crippen molar-refractivity contribution in [1.82, 2.24) is 0 Å². The quantitative estimate of drug-likeness (QED) is 0.752. The van der Waals surface area contributed by atoms with Crippen LogP contribution in [0.15, 0.2) is 21.1 Å². The highest BCUT2D eigenvalue weighted by molar-refractivity contribution is 9.11. The van der Waals surface area contributed by atoms with Crippen LogP contribution in [-0.2, 0) is 4.74 Å². The number of anilines is 1. The van der Waals surface area contributed by atoms with Crippen molar-refractivity contribution in [3.8, 4) is 0 Å². The number of benzene rings is 1. The number of halogens is 2. The lowest BCUT2D eigenvalue weighted by molar-refractivity contribution is 0.0601. The van der Waals surface area contributed by atoms with Gasteiger partial charge in [0.25, 0.3) is 0 Å². The van der Waals surface area contributed by atoms with Crippen molar-refractivity contribution in [2.75, 3.05) is 19.0 Å². The van der Waals surface area contributed by atoms with Gasteiger partial charge in [0.1, 0.15) is 0 Å². The van der Waals surface area contributed by atoms with Gasteiger partial charge in [0.15, 0.2) is 0 Å². The van der Waals surface area contributed by atoms with E-state index < -0.39 is 0 Å². The van der Waals surface area contributed by atoms with E-state index >= 15 is 0 Å². The topological polar surface area (TPSA) is 64.3 Å². The monoisotopic (exact) mass is 404 g/mol. The highest BCUT2D eigenvalue weighted by Crippen LogP contribution is 2.35. The van der Waals surface area contributed by atoms with Gasteiger partial charge in [-0.05, 0) is 53.4 Å². The molecule has 0 heterocycles. The number of esters is 1. The lowest BCUT2D eigenvalue weighted by Gasteiger charge is -2.23. The summed E-state index contributed by atoms with van der Waals surface area (Å²) in [6.45, 7) is 0.666. The first-order valence-electron chi connectivity index (χ1n) is 6.60. The first kappa shape index (κ1) is 15.8. The number of ether oxygens (including phenoxy) is 1. The lowest BCUT2D eigenvalue weighted by atomic mass is 10.0. The Bertz CT molecular complexity index is 508. The molecule has 0 spiro atoms. The van der Waals surface area contributed by atoms with Crippen LogP contribution in [0.1, 0.15) is 29.6 Å². The highest BCUT2D eigenvalue weighted by Gasteiger charge is 2.28. The smallest absolute Gasteiger partial charge is 0.340 e. The van der Waals surface area contributed by atoms with Crippen LogP contribution in [0, 0.1) is 5.92 Å². The summed E-state index contributed by atoms with van der Waals surface area (Å²) < 4.78 is 6.53. The van der Waals surface area contributed by atoms with E-state index in [0.29, 0.717) is 24.1 Å². The third-order valence-electron chi connectivity index (χ3n) is 3.75. The minimum absolute atomic E-state index is 0.306. The molecule has 4 nitrogen and oxygen atoms in total. The Labute approximate surface area is 135 Å². The van der Waals surface area contributed by atoms with E-state index in [4.69, 9.17) is 10.5 Å². The number of rotatable bonds is 4. The molecule has 0 aliphatic heterocycles. The fourth-order valence-electron chi connectivity index (χ4n) is 2.69. The van der Waals surface area contributed by atoms with Crippen molar-refractivity contribution in [3.05, 3.63) is 26.6 Å². The van der Waals surface area contributed by atoms with Crippen molar-refractivity contribution in [2.24, 2.45) is 11.7 Å². The summed E-state index contributed by atoms with van der Waals surface area (Å²) in [4.78, 5) is 11.9. The van der Waals surface area contributed by atoms with Gasteiger partial charge in [0.05, 0.1) is 18.4 Å². The molecule has 0 aromatic heterocycles. The summed E-state index contributed by atoms with van der Waals surface area (Å²) in [6, 6.07) is 3.99. The van der Waals surface area contributed by atoms with Crippen molar-refractivity contribution in [3.63, 3.8) is 0 Å². The van der Waals surface area contributed by atoms with Gasteiger partial charge in [0, 0.05) is 15.0 Å². The fourth-order valence-corrected chi connectivity index (χ4v) is 4.03. The van der Waals surface area contributed by atoms with Gasteiger partial charge in [-0.15, -0.1) is 0 Å². The van der Waals surface area contributed by atoms with Crippen LogP contribution in [0.3, 0.4) is 0 Å². The minimum Gasteiger partial charge on any atom is -0.465 e. The molecule has 2 atom stereocenters. The van der Waals surface area contributed by atoms with Crippen LogP contribution in [0.25, 0.3) is 0 Å². The third-order valence-corrected chi connectivity index (χ3v) is 4.84. The maximum Gasteiger partial charge on any atom is 0.340 e. The first-order valence-corrected chi connectivity index (χ1v) is 8.19. The van der Waals surface area contributed by atoms with Gasteiger partial charge in [0.2, 0.25) is 0 Å². The molecule has 2 unspecified atom stereocenters. The summed E-state index contributed by atoms with van der Waals surface area (Å²) in [6.07, 6.45) is 3.38. The van der Waals surface area contributed by atoms with E-state index in [0.717, 1.165) is 27.5 Å².